The molecule has 1 heterocycles. The van der Waals surface area contributed by atoms with Crippen molar-refractivity contribution in [1.29, 1.82) is 0 Å². The minimum Gasteiger partial charge on any atom is -0.481 e. The first-order valence-corrected chi connectivity index (χ1v) is 14.8. The number of para-hydroxylation sites is 1. The van der Waals surface area contributed by atoms with Gasteiger partial charge in [0.1, 0.15) is 0 Å². The van der Waals surface area contributed by atoms with Crippen molar-refractivity contribution in [3.8, 4) is 0 Å². The first-order chi connectivity index (χ1) is 15.2. The maximum Gasteiger partial charge on any atom is 0.313 e. The van der Waals surface area contributed by atoms with E-state index in [0.717, 1.165) is 35.4 Å². The number of anilines is 2. The van der Waals surface area contributed by atoms with Gasteiger partial charge in [0.25, 0.3) is 0 Å². The van der Waals surface area contributed by atoms with Crippen molar-refractivity contribution >= 4 is 50.7 Å². The van der Waals surface area contributed by atoms with E-state index in [1.165, 1.54) is 11.8 Å². The lowest BCUT2D eigenvalue weighted by molar-refractivity contribution is -0.133. The molecule has 0 saturated heterocycles. The van der Waals surface area contributed by atoms with E-state index in [2.05, 4.69) is 18.7 Å². The number of carboxylic acid groups (broad SMARTS) is 1. The number of nitrogens with zero attached hydrogens (tertiary/aromatic N) is 1. The highest BCUT2D eigenvalue weighted by atomic mass is 32.2. The number of carbonyl (C=O) groups is 1. The van der Waals surface area contributed by atoms with Crippen molar-refractivity contribution < 1.29 is 18.3 Å². The van der Waals surface area contributed by atoms with Gasteiger partial charge in [0.2, 0.25) is 0 Å². The van der Waals surface area contributed by atoms with Gasteiger partial charge in [-0.1, -0.05) is 44.9 Å². The lowest BCUT2D eigenvalue weighted by Crippen LogP contribution is -2.35. The maximum absolute atomic E-state index is 13.6. The third-order valence-corrected chi connectivity index (χ3v) is 9.61. The fourth-order valence-electron chi connectivity index (χ4n) is 4.24. The number of hydrogen-bond donors (Lipinski definition) is 1. The van der Waals surface area contributed by atoms with E-state index >= 15 is 0 Å². The molecule has 1 aliphatic rings. The van der Waals surface area contributed by atoms with E-state index in [1.54, 1.807) is 17.8 Å². The van der Waals surface area contributed by atoms with Crippen molar-refractivity contribution in [2.75, 3.05) is 29.2 Å². The van der Waals surface area contributed by atoms with Crippen LogP contribution in [-0.4, -0.2) is 43.8 Å². The van der Waals surface area contributed by atoms with E-state index < -0.39 is 15.8 Å². The Morgan fingerprint density at radius 2 is 1.94 bits per heavy atom. The summed E-state index contributed by atoms with van der Waals surface area (Å²) in [7, 11) is -3.52. The zero-order chi connectivity index (χ0) is 23.4. The Labute approximate surface area is 199 Å². The Bertz CT molecular complexity index is 1060. The molecule has 8 heteroatoms. The van der Waals surface area contributed by atoms with E-state index in [-0.39, 0.29) is 16.9 Å². The Morgan fingerprint density at radius 3 is 2.56 bits per heavy atom. The van der Waals surface area contributed by atoms with Crippen LogP contribution < -0.4 is 4.90 Å². The first kappa shape index (κ1) is 25.0. The molecule has 1 atom stereocenters. The van der Waals surface area contributed by atoms with Crippen molar-refractivity contribution in [3.05, 3.63) is 48.0 Å². The largest absolute Gasteiger partial charge is 0.481 e. The fourth-order valence-corrected chi connectivity index (χ4v) is 7.81. The van der Waals surface area contributed by atoms with Gasteiger partial charge in [-0.05, 0) is 47.9 Å². The number of rotatable bonds is 9. The summed E-state index contributed by atoms with van der Waals surface area (Å²) >= 11 is 2.85. The van der Waals surface area contributed by atoms with E-state index in [4.69, 9.17) is 5.11 Å². The smallest absolute Gasteiger partial charge is 0.313 e. The predicted octanol–water partition coefficient (Wildman–Crippen LogP) is 5.85. The molecule has 0 aromatic heterocycles. The predicted molar refractivity (Wildman–Crippen MR) is 135 cm³/mol. The highest BCUT2D eigenvalue weighted by molar-refractivity contribution is 7.99. The molecular formula is C24H31NO4S3. The molecule has 0 aliphatic carbocycles. The summed E-state index contributed by atoms with van der Waals surface area (Å²) in [6.45, 7) is 4.84. The number of carboxylic acids is 1. The Balaban J connectivity index is 2.15. The molecule has 5 nitrogen and oxygen atoms in total. The van der Waals surface area contributed by atoms with Gasteiger partial charge in [0, 0.05) is 22.9 Å². The molecule has 1 N–H and O–H groups in total. The molecule has 1 aliphatic heterocycles. The van der Waals surface area contributed by atoms with Crippen LogP contribution in [0.5, 0.6) is 0 Å². The highest BCUT2D eigenvalue weighted by Crippen LogP contribution is 2.44. The molecule has 0 unspecified atom stereocenters. The first-order valence-electron chi connectivity index (χ1n) is 10.7. The molecule has 32 heavy (non-hydrogen) atoms. The van der Waals surface area contributed by atoms with Crippen LogP contribution in [0.15, 0.2) is 52.3 Å². The molecule has 0 amide bonds. The number of unbranched alkanes of at least 4 members (excludes halogenated alkanes) is 1. The number of thioether (sulfide) groups is 2. The Hall–Kier alpha value is -1.64. The van der Waals surface area contributed by atoms with Crippen molar-refractivity contribution in [3.63, 3.8) is 0 Å². The topological polar surface area (TPSA) is 74.7 Å². The van der Waals surface area contributed by atoms with E-state index in [0.29, 0.717) is 22.9 Å². The van der Waals surface area contributed by atoms with Crippen LogP contribution in [0.4, 0.5) is 11.4 Å². The van der Waals surface area contributed by atoms with Gasteiger partial charge in [-0.25, -0.2) is 8.42 Å². The summed E-state index contributed by atoms with van der Waals surface area (Å²) < 4.78 is 27.3. The van der Waals surface area contributed by atoms with Gasteiger partial charge < -0.3 is 10.0 Å². The number of fused-ring (bicyclic) bond motifs is 1. The molecule has 2 aromatic carbocycles. The Morgan fingerprint density at radius 1 is 1.22 bits per heavy atom. The lowest BCUT2D eigenvalue weighted by Gasteiger charge is -2.34. The standard InChI is InChI=1S/C24H31NO4S3/c1-4-5-11-24(2)16-25(19-9-7-6-8-10-19)20-13-21(30-3)18(14-31-15-23(26)27)12-22(20)32(28,29)17-24/h6-10,12-13H,4-5,11,14-17H2,1-3H3,(H,26,27)/t24-/m1/s1. The van der Waals surface area contributed by atoms with Crippen LogP contribution in [-0.2, 0) is 20.4 Å². The quantitative estimate of drug-likeness (QED) is 0.439. The second-order valence-corrected chi connectivity index (χ2v) is 12.4. The summed E-state index contributed by atoms with van der Waals surface area (Å²) in [5.74, 6) is -0.312. The van der Waals surface area contributed by atoms with Gasteiger partial charge in [-0.15, -0.1) is 23.5 Å². The fraction of sp³-hybridized carbons (Fsp3) is 0.458. The minimum atomic E-state index is -3.52. The summed E-state index contributed by atoms with van der Waals surface area (Å²) in [6.07, 6.45) is 4.82. The summed E-state index contributed by atoms with van der Waals surface area (Å²) in [5, 5.41) is 8.99. The number of aliphatic carboxylic acids is 1. The SMILES string of the molecule is CCCC[C@]1(C)CN(c2ccccc2)c2cc(SC)c(CSCC(=O)O)cc2S(=O)(=O)C1. The third-order valence-electron chi connectivity index (χ3n) is 5.75. The van der Waals surface area contributed by atoms with Crippen LogP contribution in [0, 0.1) is 5.41 Å². The molecule has 174 valence electrons. The molecular weight excluding hydrogens is 462 g/mol. The van der Waals surface area contributed by atoms with Crippen LogP contribution >= 0.6 is 23.5 Å². The average Bonchev–Trinajstić information content (AvgIpc) is 2.84. The van der Waals surface area contributed by atoms with E-state index in [9.17, 15) is 13.2 Å². The van der Waals surface area contributed by atoms with Gasteiger partial charge in [0.05, 0.1) is 22.1 Å². The van der Waals surface area contributed by atoms with Crippen molar-refractivity contribution in [2.45, 2.75) is 48.7 Å². The maximum atomic E-state index is 13.6. The monoisotopic (exact) mass is 493 g/mol. The number of benzene rings is 2. The van der Waals surface area contributed by atoms with Gasteiger partial charge in [-0.3, -0.25) is 4.79 Å². The van der Waals surface area contributed by atoms with Gasteiger partial charge in [-0.2, -0.15) is 0 Å². The van der Waals surface area contributed by atoms with Crippen molar-refractivity contribution in [1.82, 2.24) is 0 Å². The molecule has 0 bridgehead atoms. The summed E-state index contributed by atoms with van der Waals surface area (Å²) in [5.41, 5.74) is 2.19. The second kappa shape index (κ2) is 10.5. The van der Waals surface area contributed by atoms with Crippen LogP contribution in [0.1, 0.15) is 38.7 Å². The van der Waals surface area contributed by atoms with E-state index in [1.807, 2.05) is 42.7 Å². The van der Waals surface area contributed by atoms with Crippen LogP contribution in [0.25, 0.3) is 0 Å². The molecule has 0 radical (unpaired) electrons. The number of hydrogen-bond acceptors (Lipinski definition) is 6. The average molecular weight is 494 g/mol. The summed E-state index contributed by atoms with van der Waals surface area (Å²) in [6, 6.07) is 13.7. The normalized spacial score (nSPS) is 19.9. The Kier molecular flexibility index (Phi) is 8.22. The van der Waals surface area contributed by atoms with Crippen LogP contribution in [0.2, 0.25) is 0 Å². The zero-order valence-electron chi connectivity index (χ0n) is 18.8. The third kappa shape index (κ3) is 5.83. The van der Waals surface area contributed by atoms with Crippen LogP contribution in [0.3, 0.4) is 0 Å². The lowest BCUT2D eigenvalue weighted by atomic mass is 9.86. The highest BCUT2D eigenvalue weighted by Gasteiger charge is 2.39. The van der Waals surface area contributed by atoms with Gasteiger partial charge >= 0.3 is 5.97 Å². The molecule has 3 rings (SSSR count). The number of sulfone groups is 1. The van der Waals surface area contributed by atoms with Gasteiger partial charge in [0.15, 0.2) is 9.84 Å². The van der Waals surface area contributed by atoms with Crippen molar-refractivity contribution in [2.24, 2.45) is 5.41 Å². The molecule has 0 spiro atoms. The zero-order valence-corrected chi connectivity index (χ0v) is 21.3. The molecule has 2 aromatic rings. The molecule has 0 fully saturated rings. The second-order valence-electron chi connectivity index (χ2n) is 8.61. The minimum absolute atomic E-state index is 0.0110. The summed E-state index contributed by atoms with van der Waals surface area (Å²) in [4.78, 5) is 14.4. The molecule has 0 saturated carbocycles.